The number of hydrogen-bond donors (Lipinski definition) is 1. The Morgan fingerprint density at radius 1 is 1.38 bits per heavy atom. The van der Waals surface area contributed by atoms with E-state index in [-0.39, 0.29) is 10.2 Å². The fourth-order valence-electron chi connectivity index (χ4n) is 0.855. The first-order valence-corrected chi connectivity index (χ1v) is 4.92. The molecular formula is C9H7BrF4O2. The normalized spacial score (nSPS) is 13.6. The predicted octanol–water partition coefficient (Wildman–Crippen LogP) is 2.89. The number of aliphatic hydroxyl groups excluding tert-OH is 1. The van der Waals surface area contributed by atoms with Gasteiger partial charge in [0.1, 0.15) is 18.2 Å². The van der Waals surface area contributed by atoms with Gasteiger partial charge in [-0.1, -0.05) is 0 Å². The SMILES string of the molecule is OC(COc1ccc(F)cc1Br)C(F)(F)F. The van der Waals surface area contributed by atoms with E-state index in [2.05, 4.69) is 15.9 Å². The quantitative estimate of drug-likeness (QED) is 0.870. The Labute approximate surface area is 97.0 Å². The molecular weight excluding hydrogens is 296 g/mol. The molecule has 0 aliphatic heterocycles. The molecule has 0 saturated carbocycles. The summed E-state index contributed by atoms with van der Waals surface area (Å²) in [4.78, 5) is 0. The van der Waals surface area contributed by atoms with Gasteiger partial charge in [-0.05, 0) is 34.1 Å². The maximum Gasteiger partial charge on any atom is 0.417 e. The van der Waals surface area contributed by atoms with Crippen molar-refractivity contribution in [2.45, 2.75) is 12.3 Å². The molecule has 1 unspecified atom stereocenters. The maximum atomic E-state index is 12.6. The Hall–Kier alpha value is -0.820. The Bertz CT molecular complexity index is 367. The third kappa shape index (κ3) is 3.64. The lowest BCUT2D eigenvalue weighted by molar-refractivity contribution is -0.210. The number of ether oxygens (including phenoxy) is 1. The Morgan fingerprint density at radius 2 is 2.00 bits per heavy atom. The van der Waals surface area contributed by atoms with E-state index in [1.807, 2.05) is 0 Å². The van der Waals surface area contributed by atoms with Crippen molar-refractivity contribution in [2.24, 2.45) is 0 Å². The average molecular weight is 303 g/mol. The highest BCUT2D eigenvalue weighted by Gasteiger charge is 2.38. The molecule has 0 aliphatic rings. The molecule has 1 atom stereocenters. The molecule has 7 heteroatoms. The van der Waals surface area contributed by atoms with Crippen molar-refractivity contribution in [2.75, 3.05) is 6.61 Å². The van der Waals surface area contributed by atoms with Gasteiger partial charge in [-0.25, -0.2) is 4.39 Å². The van der Waals surface area contributed by atoms with E-state index in [0.29, 0.717) is 0 Å². The number of rotatable bonds is 3. The maximum absolute atomic E-state index is 12.6. The monoisotopic (exact) mass is 302 g/mol. The van der Waals surface area contributed by atoms with Crippen LogP contribution in [0.5, 0.6) is 5.75 Å². The van der Waals surface area contributed by atoms with Gasteiger partial charge in [0.05, 0.1) is 4.47 Å². The average Bonchev–Trinajstić information content (AvgIpc) is 2.14. The van der Waals surface area contributed by atoms with E-state index < -0.39 is 24.7 Å². The summed E-state index contributed by atoms with van der Waals surface area (Å²) >= 11 is 2.92. The van der Waals surface area contributed by atoms with Gasteiger partial charge in [-0.2, -0.15) is 13.2 Å². The molecule has 1 N–H and O–H groups in total. The summed E-state index contributed by atoms with van der Waals surface area (Å²) in [6.45, 7) is -0.937. The minimum absolute atomic E-state index is 0.0321. The van der Waals surface area contributed by atoms with Crippen LogP contribution in [0, 0.1) is 5.82 Å². The van der Waals surface area contributed by atoms with Crippen LogP contribution in [-0.2, 0) is 0 Å². The van der Waals surface area contributed by atoms with Crippen LogP contribution in [0.3, 0.4) is 0 Å². The zero-order valence-corrected chi connectivity index (χ0v) is 9.35. The van der Waals surface area contributed by atoms with Crippen LogP contribution in [0.1, 0.15) is 0 Å². The lowest BCUT2D eigenvalue weighted by atomic mass is 10.3. The van der Waals surface area contributed by atoms with Crippen LogP contribution in [0.4, 0.5) is 17.6 Å². The largest absolute Gasteiger partial charge is 0.489 e. The van der Waals surface area contributed by atoms with Crippen LogP contribution in [-0.4, -0.2) is 24.0 Å². The zero-order chi connectivity index (χ0) is 12.3. The third-order valence-corrected chi connectivity index (χ3v) is 2.29. The van der Waals surface area contributed by atoms with Crippen molar-refractivity contribution in [3.05, 3.63) is 28.5 Å². The molecule has 1 rings (SSSR count). The molecule has 2 nitrogen and oxygen atoms in total. The first-order chi connectivity index (χ1) is 7.30. The smallest absolute Gasteiger partial charge is 0.417 e. The van der Waals surface area contributed by atoms with Crippen LogP contribution in [0.2, 0.25) is 0 Å². The summed E-state index contributed by atoms with van der Waals surface area (Å²) in [5, 5.41) is 8.65. The van der Waals surface area contributed by atoms with Gasteiger partial charge >= 0.3 is 6.18 Å². The van der Waals surface area contributed by atoms with Crippen LogP contribution in [0.15, 0.2) is 22.7 Å². The van der Waals surface area contributed by atoms with Crippen molar-refractivity contribution in [1.29, 1.82) is 0 Å². The van der Waals surface area contributed by atoms with E-state index in [1.165, 1.54) is 6.07 Å². The summed E-state index contributed by atoms with van der Waals surface area (Å²) in [7, 11) is 0. The molecule has 1 aromatic carbocycles. The molecule has 0 aromatic heterocycles. The lowest BCUT2D eigenvalue weighted by Gasteiger charge is -2.15. The second kappa shape index (κ2) is 5.01. The summed E-state index contributed by atoms with van der Waals surface area (Å²) in [5.74, 6) is -0.514. The highest BCUT2D eigenvalue weighted by atomic mass is 79.9. The highest BCUT2D eigenvalue weighted by Crippen LogP contribution is 2.27. The molecule has 0 heterocycles. The van der Waals surface area contributed by atoms with Crippen molar-refractivity contribution in [1.82, 2.24) is 0 Å². The van der Waals surface area contributed by atoms with E-state index >= 15 is 0 Å². The molecule has 0 fully saturated rings. The Kier molecular flexibility index (Phi) is 4.15. The predicted molar refractivity (Wildman–Crippen MR) is 51.7 cm³/mol. The molecule has 0 saturated heterocycles. The molecule has 1 aromatic rings. The molecule has 16 heavy (non-hydrogen) atoms. The van der Waals surface area contributed by atoms with Crippen molar-refractivity contribution in [3.8, 4) is 5.75 Å². The number of halogens is 5. The highest BCUT2D eigenvalue weighted by molar-refractivity contribution is 9.10. The fourth-order valence-corrected chi connectivity index (χ4v) is 1.32. The first kappa shape index (κ1) is 13.2. The van der Waals surface area contributed by atoms with Crippen LogP contribution in [0.25, 0.3) is 0 Å². The standard InChI is InChI=1S/C9H7BrF4O2/c10-6-3-5(11)1-2-7(6)16-4-8(15)9(12,13)14/h1-3,8,15H,4H2. The van der Waals surface area contributed by atoms with Crippen molar-refractivity contribution < 1.29 is 27.4 Å². The van der Waals surface area contributed by atoms with E-state index in [9.17, 15) is 17.6 Å². The second-order valence-electron chi connectivity index (χ2n) is 2.94. The van der Waals surface area contributed by atoms with Crippen LogP contribution < -0.4 is 4.74 Å². The summed E-state index contributed by atoms with van der Waals surface area (Å²) in [5.41, 5.74) is 0. The van der Waals surface area contributed by atoms with Gasteiger partial charge in [0, 0.05) is 0 Å². The van der Waals surface area contributed by atoms with Gasteiger partial charge in [0.2, 0.25) is 0 Å². The van der Waals surface area contributed by atoms with Crippen molar-refractivity contribution >= 4 is 15.9 Å². The van der Waals surface area contributed by atoms with Crippen molar-refractivity contribution in [3.63, 3.8) is 0 Å². The molecule has 0 radical (unpaired) electrons. The molecule has 90 valence electrons. The lowest BCUT2D eigenvalue weighted by Crippen LogP contribution is -2.34. The number of hydrogen-bond acceptors (Lipinski definition) is 2. The van der Waals surface area contributed by atoms with Gasteiger partial charge in [0.25, 0.3) is 0 Å². The summed E-state index contributed by atoms with van der Waals surface area (Å²) < 4.78 is 53.2. The Balaban J connectivity index is 2.62. The zero-order valence-electron chi connectivity index (χ0n) is 7.76. The summed E-state index contributed by atoms with van der Waals surface area (Å²) in [6, 6.07) is 3.26. The minimum Gasteiger partial charge on any atom is -0.489 e. The molecule has 0 spiro atoms. The molecule has 0 amide bonds. The molecule has 0 aliphatic carbocycles. The van der Waals surface area contributed by atoms with Gasteiger partial charge in [-0.15, -0.1) is 0 Å². The van der Waals surface area contributed by atoms with E-state index in [1.54, 1.807) is 0 Å². The fraction of sp³-hybridized carbons (Fsp3) is 0.333. The second-order valence-corrected chi connectivity index (χ2v) is 3.80. The van der Waals surface area contributed by atoms with Gasteiger partial charge < -0.3 is 9.84 Å². The third-order valence-electron chi connectivity index (χ3n) is 1.67. The summed E-state index contributed by atoms with van der Waals surface area (Å²) in [6.07, 6.45) is -7.29. The van der Waals surface area contributed by atoms with Crippen LogP contribution >= 0.6 is 15.9 Å². The van der Waals surface area contributed by atoms with Gasteiger partial charge in [0.15, 0.2) is 6.10 Å². The number of alkyl halides is 3. The topological polar surface area (TPSA) is 29.5 Å². The number of aliphatic hydroxyl groups is 1. The Morgan fingerprint density at radius 3 is 2.50 bits per heavy atom. The van der Waals surface area contributed by atoms with Gasteiger partial charge in [-0.3, -0.25) is 0 Å². The first-order valence-electron chi connectivity index (χ1n) is 4.13. The van der Waals surface area contributed by atoms with E-state index in [4.69, 9.17) is 9.84 Å². The minimum atomic E-state index is -4.73. The molecule has 0 bridgehead atoms. The van der Waals surface area contributed by atoms with E-state index in [0.717, 1.165) is 12.1 Å². The number of benzene rings is 1.